The molecule has 0 rings (SSSR count). The number of Topliss-reactive ketones (excluding diaryl/α,β-unsaturated/α-hetero) is 1. The topological polar surface area (TPSA) is 113 Å². The Labute approximate surface area is 111 Å². The van der Waals surface area contributed by atoms with Gasteiger partial charge in [0.1, 0.15) is 11.6 Å². The Bertz CT molecular complexity index is 347. The van der Waals surface area contributed by atoms with E-state index in [9.17, 15) is 14.4 Å². The highest BCUT2D eigenvalue weighted by molar-refractivity contribution is 5.90. The average Bonchev–Trinajstić information content (AvgIpc) is 2.22. The third kappa shape index (κ3) is 7.40. The molecule has 0 bridgehead atoms. The second-order valence-electron chi connectivity index (χ2n) is 5.29. The first-order chi connectivity index (χ1) is 8.56. The summed E-state index contributed by atoms with van der Waals surface area (Å²) in [6.45, 7) is 5.76. The minimum atomic E-state index is -1.16. The number of hydrogen-bond donors (Lipinski definition) is 3. The van der Waals surface area contributed by atoms with Crippen LogP contribution in [0.1, 0.15) is 34.1 Å². The summed E-state index contributed by atoms with van der Waals surface area (Å²) in [7, 11) is 0. The van der Waals surface area contributed by atoms with Crippen LogP contribution in [-0.2, 0) is 14.3 Å². The largest absolute Gasteiger partial charge is 0.481 e. The first kappa shape index (κ1) is 17.4. The van der Waals surface area contributed by atoms with Gasteiger partial charge in [0.15, 0.2) is 5.78 Å². The molecule has 1 amide bonds. The van der Waals surface area contributed by atoms with E-state index in [-0.39, 0.29) is 6.42 Å². The number of aliphatic hydroxyl groups is 1. The summed E-state index contributed by atoms with van der Waals surface area (Å²) in [5.74, 6) is -2.53. The predicted molar refractivity (Wildman–Crippen MR) is 66.7 cm³/mol. The summed E-state index contributed by atoms with van der Waals surface area (Å²) in [5.41, 5.74) is -0.721. The van der Waals surface area contributed by atoms with Crippen LogP contribution in [0.2, 0.25) is 0 Å². The Hall–Kier alpha value is -1.63. The average molecular weight is 275 g/mol. The SMILES string of the molecule is C[C@@H](CC(=O)[C@@H](CO)NC(=O)OC(C)(C)C)C(=O)O. The summed E-state index contributed by atoms with van der Waals surface area (Å²) in [4.78, 5) is 33.8. The molecule has 0 unspecified atom stereocenters. The molecule has 0 aliphatic rings. The lowest BCUT2D eigenvalue weighted by Gasteiger charge is -2.22. The second-order valence-corrected chi connectivity index (χ2v) is 5.29. The molecule has 3 N–H and O–H groups in total. The minimum Gasteiger partial charge on any atom is -0.481 e. The van der Waals surface area contributed by atoms with Crippen LogP contribution in [0.25, 0.3) is 0 Å². The van der Waals surface area contributed by atoms with Gasteiger partial charge in [-0.05, 0) is 20.8 Å². The van der Waals surface area contributed by atoms with Crippen molar-refractivity contribution < 1.29 is 29.3 Å². The zero-order valence-corrected chi connectivity index (χ0v) is 11.6. The molecule has 0 aromatic rings. The molecule has 0 saturated heterocycles. The lowest BCUT2D eigenvalue weighted by Crippen LogP contribution is -2.46. The van der Waals surface area contributed by atoms with Gasteiger partial charge in [-0.1, -0.05) is 6.92 Å². The van der Waals surface area contributed by atoms with Crippen LogP contribution in [0.4, 0.5) is 4.79 Å². The van der Waals surface area contributed by atoms with E-state index in [4.69, 9.17) is 14.9 Å². The van der Waals surface area contributed by atoms with Crippen LogP contribution in [0.15, 0.2) is 0 Å². The lowest BCUT2D eigenvalue weighted by molar-refractivity contribution is -0.143. The highest BCUT2D eigenvalue weighted by atomic mass is 16.6. The highest BCUT2D eigenvalue weighted by Crippen LogP contribution is 2.08. The first-order valence-electron chi connectivity index (χ1n) is 5.92. The van der Waals surface area contributed by atoms with Crippen LogP contribution < -0.4 is 5.32 Å². The third-order valence-corrected chi connectivity index (χ3v) is 2.19. The fourth-order valence-corrected chi connectivity index (χ4v) is 1.21. The van der Waals surface area contributed by atoms with Crippen molar-refractivity contribution in [2.75, 3.05) is 6.61 Å². The molecule has 110 valence electrons. The summed E-state index contributed by atoms with van der Waals surface area (Å²) in [6, 6.07) is -1.16. The number of aliphatic hydroxyl groups excluding tert-OH is 1. The number of alkyl carbamates (subject to hydrolysis) is 1. The van der Waals surface area contributed by atoms with Crippen LogP contribution in [0.3, 0.4) is 0 Å². The van der Waals surface area contributed by atoms with Crippen molar-refractivity contribution in [1.82, 2.24) is 5.32 Å². The quantitative estimate of drug-likeness (QED) is 0.652. The fraction of sp³-hybridized carbons (Fsp3) is 0.750. The summed E-state index contributed by atoms with van der Waals surface area (Å²) in [5, 5.41) is 20.0. The van der Waals surface area contributed by atoms with E-state index >= 15 is 0 Å². The molecule has 0 aromatic heterocycles. The molecule has 7 heteroatoms. The van der Waals surface area contributed by atoms with Crippen molar-refractivity contribution in [1.29, 1.82) is 0 Å². The third-order valence-electron chi connectivity index (χ3n) is 2.19. The number of ketones is 1. The van der Waals surface area contributed by atoms with Gasteiger partial charge >= 0.3 is 12.1 Å². The Balaban J connectivity index is 4.46. The molecule has 0 saturated carbocycles. The summed E-state index contributed by atoms with van der Waals surface area (Å²) in [6.07, 6.45) is -1.10. The number of amides is 1. The monoisotopic (exact) mass is 275 g/mol. The van der Waals surface area contributed by atoms with E-state index < -0.39 is 42.0 Å². The van der Waals surface area contributed by atoms with Gasteiger partial charge in [0.25, 0.3) is 0 Å². The van der Waals surface area contributed by atoms with Gasteiger partial charge in [0.2, 0.25) is 0 Å². The lowest BCUT2D eigenvalue weighted by atomic mass is 10.0. The molecule has 0 heterocycles. The molecular weight excluding hydrogens is 254 g/mol. The minimum absolute atomic E-state index is 0.268. The molecule has 0 radical (unpaired) electrons. The maximum absolute atomic E-state index is 11.7. The zero-order chi connectivity index (χ0) is 15.2. The smallest absolute Gasteiger partial charge is 0.408 e. The number of hydrogen-bond acceptors (Lipinski definition) is 5. The number of aliphatic carboxylic acids is 1. The Morgan fingerprint density at radius 2 is 1.79 bits per heavy atom. The van der Waals surface area contributed by atoms with Crippen LogP contribution in [-0.4, -0.2) is 46.3 Å². The first-order valence-corrected chi connectivity index (χ1v) is 5.92. The molecule has 0 aromatic carbocycles. The van der Waals surface area contributed by atoms with Crippen molar-refractivity contribution in [3.63, 3.8) is 0 Å². The van der Waals surface area contributed by atoms with Gasteiger partial charge in [-0.25, -0.2) is 4.79 Å². The van der Waals surface area contributed by atoms with Gasteiger partial charge in [-0.15, -0.1) is 0 Å². The standard InChI is InChI=1S/C12H21NO6/c1-7(10(16)17)5-9(15)8(6-14)13-11(18)19-12(2,3)4/h7-8,14H,5-6H2,1-4H3,(H,13,18)(H,16,17)/t7-,8+/m0/s1. The second kappa shape index (κ2) is 7.08. The zero-order valence-electron chi connectivity index (χ0n) is 11.6. The number of carbonyl (C=O) groups is 3. The normalized spacial score (nSPS) is 14.4. The molecule has 2 atom stereocenters. The highest BCUT2D eigenvalue weighted by Gasteiger charge is 2.26. The molecule has 0 aliphatic carbocycles. The number of carboxylic acid groups (broad SMARTS) is 1. The van der Waals surface area contributed by atoms with Crippen molar-refractivity contribution in [3.8, 4) is 0 Å². The van der Waals surface area contributed by atoms with E-state index in [0.717, 1.165) is 0 Å². The molecule has 0 fully saturated rings. The van der Waals surface area contributed by atoms with Gasteiger partial charge < -0.3 is 20.3 Å². The Kier molecular flexibility index (Phi) is 6.47. The predicted octanol–water partition coefficient (Wildman–Crippen LogP) is 0.552. The van der Waals surface area contributed by atoms with E-state index in [0.29, 0.717) is 0 Å². The van der Waals surface area contributed by atoms with Crippen LogP contribution >= 0.6 is 0 Å². The fourth-order valence-electron chi connectivity index (χ4n) is 1.21. The Morgan fingerprint density at radius 1 is 1.26 bits per heavy atom. The van der Waals surface area contributed by atoms with E-state index in [1.807, 2.05) is 0 Å². The number of carbonyl (C=O) groups excluding carboxylic acids is 2. The molecular formula is C12H21NO6. The van der Waals surface area contributed by atoms with Gasteiger partial charge in [-0.2, -0.15) is 0 Å². The number of carboxylic acids is 1. The van der Waals surface area contributed by atoms with E-state index in [2.05, 4.69) is 5.32 Å². The number of rotatable bonds is 6. The summed E-state index contributed by atoms with van der Waals surface area (Å²) < 4.78 is 4.94. The van der Waals surface area contributed by atoms with Crippen molar-refractivity contribution in [2.45, 2.75) is 45.8 Å². The van der Waals surface area contributed by atoms with E-state index in [1.165, 1.54) is 6.92 Å². The van der Waals surface area contributed by atoms with Gasteiger partial charge in [-0.3, -0.25) is 9.59 Å². The molecule has 7 nitrogen and oxygen atoms in total. The van der Waals surface area contributed by atoms with Crippen molar-refractivity contribution in [2.24, 2.45) is 5.92 Å². The maximum atomic E-state index is 11.7. The maximum Gasteiger partial charge on any atom is 0.408 e. The van der Waals surface area contributed by atoms with E-state index in [1.54, 1.807) is 20.8 Å². The Morgan fingerprint density at radius 3 is 2.16 bits per heavy atom. The molecule has 19 heavy (non-hydrogen) atoms. The van der Waals surface area contributed by atoms with Crippen molar-refractivity contribution in [3.05, 3.63) is 0 Å². The number of ether oxygens (including phenoxy) is 1. The van der Waals surface area contributed by atoms with Crippen molar-refractivity contribution >= 4 is 17.8 Å². The van der Waals surface area contributed by atoms with Crippen LogP contribution in [0.5, 0.6) is 0 Å². The molecule has 0 spiro atoms. The molecule has 0 aliphatic heterocycles. The van der Waals surface area contributed by atoms with Gasteiger partial charge in [0, 0.05) is 6.42 Å². The van der Waals surface area contributed by atoms with Gasteiger partial charge in [0.05, 0.1) is 12.5 Å². The van der Waals surface area contributed by atoms with Crippen LogP contribution in [0, 0.1) is 5.92 Å². The number of nitrogens with one attached hydrogen (secondary N) is 1. The summed E-state index contributed by atoms with van der Waals surface area (Å²) >= 11 is 0.